The molecule has 1 rings (SSSR count). The van der Waals surface area contributed by atoms with Gasteiger partial charge in [0.15, 0.2) is 0 Å². The maximum Gasteiger partial charge on any atom is 0.309 e. The fourth-order valence-corrected chi connectivity index (χ4v) is 2.45. The van der Waals surface area contributed by atoms with Crippen molar-refractivity contribution in [1.82, 2.24) is 0 Å². The van der Waals surface area contributed by atoms with Crippen molar-refractivity contribution in [2.45, 2.75) is 27.2 Å². The standard InChI is InChI=1S/C11H18O4/c1-6-7(9(12)13)5-8(10(14)15-4)11(6,2)3/h6-8H,5H2,1-4H3,(H,12,13)/t6-,7+,8-/m1/s1. The van der Waals surface area contributed by atoms with E-state index in [0.717, 1.165) is 0 Å². The highest BCUT2D eigenvalue weighted by Gasteiger charge is 2.52. The van der Waals surface area contributed by atoms with Crippen molar-refractivity contribution >= 4 is 11.9 Å². The molecule has 0 aromatic heterocycles. The van der Waals surface area contributed by atoms with Gasteiger partial charge in [-0.2, -0.15) is 0 Å². The molecule has 0 amide bonds. The molecule has 1 N–H and O–H groups in total. The number of carboxylic acid groups (broad SMARTS) is 1. The zero-order valence-corrected chi connectivity index (χ0v) is 9.61. The molecule has 1 aliphatic carbocycles. The van der Waals surface area contributed by atoms with Crippen LogP contribution in [0.15, 0.2) is 0 Å². The molecule has 86 valence electrons. The summed E-state index contributed by atoms with van der Waals surface area (Å²) in [7, 11) is 1.34. The number of hydrogen-bond acceptors (Lipinski definition) is 3. The van der Waals surface area contributed by atoms with Crippen molar-refractivity contribution in [3.8, 4) is 0 Å². The molecule has 0 aromatic rings. The van der Waals surface area contributed by atoms with Crippen LogP contribution in [0.4, 0.5) is 0 Å². The number of ether oxygens (including phenoxy) is 1. The van der Waals surface area contributed by atoms with Gasteiger partial charge in [0, 0.05) is 0 Å². The lowest BCUT2D eigenvalue weighted by atomic mass is 9.75. The van der Waals surface area contributed by atoms with Gasteiger partial charge in [-0.05, 0) is 17.8 Å². The highest BCUT2D eigenvalue weighted by atomic mass is 16.5. The number of hydrogen-bond donors (Lipinski definition) is 1. The van der Waals surface area contributed by atoms with E-state index in [-0.39, 0.29) is 23.2 Å². The maximum absolute atomic E-state index is 11.5. The SMILES string of the molecule is COC(=O)[C@H]1C[C@H](C(=O)O)[C@@H](C)C1(C)C. The Morgan fingerprint density at radius 3 is 2.27 bits per heavy atom. The van der Waals surface area contributed by atoms with Crippen molar-refractivity contribution in [2.24, 2.45) is 23.2 Å². The van der Waals surface area contributed by atoms with Crippen LogP contribution in [0.1, 0.15) is 27.2 Å². The smallest absolute Gasteiger partial charge is 0.309 e. The van der Waals surface area contributed by atoms with E-state index in [0.29, 0.717) is 6.42 Å². The largest absolute Gasteiger partial charge is 0.481 e. The lowest BCUT2D eigenvalue weighted by Gasteiger charge is -2.29. The summed E-state index contributed by atoms with van der Waals surface area (Å²) < 4.78 is 4.71. The molecule has 0 heterocycles. The van der Waals surface area contributed by atoms with Crippen LogP contribution in [0.2, 0.25) is 0 Å². The summed E-state index contributed by atoms with van der Waals surface area (Å²) in [5, 5.41) is 9.04. The monoisotopic (exact) mass is 214 g/mol. The van der Waals surface area contributed by atoms with Gasteiger partial charge in [-0.25, -0.2) is 0 Å². The summed E-state index contributed by atoms with van der Waals surface area (Å²) >= 11 is 0. The van der Waals surface area contributed by atoms with E-state index >= 15 is 0 Å². The minimum absolute atomic E-state index is 0.0147. The van der Waals surface area contributed by atoms with Crippen LogP contribution in [0.3, 0.4) is 0 Å². The first-order valence-corrected chi connectivity index (χ1v) is 5.13. The minimum atomic E-state index is -0.818. The van der Waals surface area contributed by atoms with Crippen molar-refractivity contribution in [3.05, 3.63) is 0 Å². The highest BCUT2D eigenvalue weighted by molar-refractivity contribution is 5.77. The van der Waals surface area contributed by atoms with Gasteiger partial charge in [-0.1, -0.05) is 20.8 Å². The van der Waals surface area contributed by atoms with Gasteiger partial charge in [-0.3, -0.25) is 9.59 Å². The van der Waals surface area contributed by atoms with Crippen molar-refractivity contribution < 1.29 is 19.4 Å². The Balaban J connectivity index is 2.94. The second kappa shape index (κ2) is 3.83. The van der Waals surface area contributed by atoms with Gasteiger partial charge >= 0.3 is 11.9 Å². The zero-order chi connectivity index (χ0) is 11.8. The molecule has 1 aliphatic rings. The van der Waals surface area contributed by atoms with Gasteiger partial charge in [0.25, 0.3) is 0 Å². The molecule has 4 heteroatoms. The molecule has 1 saturated carbocycles. The topological polar surface area (TPSA) is 63.6 Å². The fourth-order valence-electron chi connectivity index (χ4n) is 2.45. The van der Waals surface area contributed by atoms with E-state index in [4.69, 9.17) is 9.84 Å². The molecule has 0 spiro atoms. The Morgan fingerprint density at radius 1 is 1.40 bits per heavy atom. The highest BCUT2D eigenvalue weighted by Crippen LogP contribution is 2.50. The second-order valence-electron chi connectivity index (χ2n) is 4.87. The van der Waals surface area contributed by atoms with Crippen molar-refractivity contribution in [1.29, 1.82) is 0 Å². The number of carbonyl (C=O) groups is 2. The Labute approximate surface area is 89.6 Å². The van der Waals surface area contributed by atoms with Gasteiger partial charge in [0.1, 0.15) is 0 Å². The summed E-state index contributed by atoms with van der Waals surface area (Å²) in [6.45, 7) is 5.76. The third kappa shape index (κ3) is 1.85. The fraction of sp³-hybridized carbons (Fsp3) is 0.818. The van der Waals surface area contributed by atoms with Crippen LogP contribution < -0.4 is 0 Å². The van der Waals surface area contributed by atoms with E-state index in [1.807, 2.05) is 20.8 Å². The van der Waals surface area contributed by atoms with Crippen LogP contribution in [-0.2, 0) is 14.3 Å². The summed E-state index contributed by atoms with van der Waals surface area (Å²) in [6.07, 6.45) is 0.385. The number of carbonyl (C=O) groups excluding carboxylic acids is 1. The summed E-state index contributed by atoms with van der Waals surface area (Å²) in [4.78, 5) is 22.5. The summed E-state index contributed by atoms with van der Waals surface area (Å²) in [5.74, 6) is -1.88. The average molecular weight is 214 g/mol. The van der Waals surface area contributed by atoms with Crippen LogP contribution in [0.25, 0.3) is 0 Å². The maximum atomic E-state index is 11.5. The molecule has 0 bridgehead atoms. The Kier molecular flexibility index (Phi) is 3.07. The van der Waals surface area contributed by atoms with Crippen LogP contribution in [0, 0.1) is 23.2 Å². The molecule has 3 atom stereocenters. The van der Waals surface area contributed by atoms with E-state index in [1.165, 1.54) is 7.11 Å². The van der Waals surface area contributed by atoms with Gasteiger partial charge in [-0.15, -0.1) is 0 Å². The molecule has 4 nitrogen and oxygen atoms in total. The molecule has 0 aromatic carbocycles. The number of methoxy groups -OCH3 is 1. The molecule has 15 heavy (non-hydrogen) atoms. The summed E-state index contributed by atoms with van der Waals surface area (Å²) in [6, 6.07) is 0. The van der Waals surface area contributed by atoms with E-state index in [9.17, 15) is 9.59 Å². The predicted molar refractivity (Wildman–Crippen MR) is 54.2 cm³/mol. The third-order valence-electron chi connectivity index (χ3n) is 3.97. The van der Waals surface area contributed by atoms with Crippen LogP contribution in [0.5, 0.6) is 0 Å². The van der Waals surface area contributed by atoms with Gasteiger partial charge in [0.2, 0.25) is 0 Å². The normalized spacial score (nSPS) is 33.7. The lowest BCUT2D eigenvalue weighted by molar-refractivity contribution is -0.149. The van der Waals surface area contributed by atoms with Crippen molar-refractivity contribution in [2.75, 3.05) is 7.11 Å². The Hall–Kier alpha value is -1.06. The van der Waals surface area contributed by atoms with Crippen LogP contribution in [-0.4, -0.2) is 24.2 Å². The molecule has 0 unspecified atom stereocenters. The minimum Gasteiger partial charge on any atom is -0.481 e. The first-order valence-electron chi connectivity index (χ1n) is 5.13. The number of aliphatic carboxylic acids is 1. The zero-order valence-electron chi connectivity index (χ0n) is 9.61. The summed E-state index contributed by atoms with van der Waals surface area (Å²) in [5.41, 5.74) is -0.309. The molecule has 0 aliphatic heterocycles. The molecular weight excluding hydrogens is 196 g/mol. The number of rotatable bonds is 2. The third-order valence-corrected chi connectivity index (χ3v) is 3.97. The van der Waals surface area contributed by atoms with E-state index in [1.54, 1.807) is 0 Å². The Morgan fingerprint density at radius 2 is 1.93 bits per heavy atom. The second-order valence-corrected chi connectivity index (χ2v) is 4.87. The van der Waals surface area contributed by atoms with E-state index < -0.39 is 11.9 Å². The molecular formula is C11H18O4. The van der Waals surface area contributed by atoms with E-state index in [2.05, 4.69) is 0 Å². The van der Waals surface area contributed by atoms with Gasteiger partial charge < -0.3 is 9.84 Å². The van der Waals surface area contributed by atoms with Crippen molar-refractivity contribution in [3.63, 3.8) is 0 Å². The van der Waals surface area contributed by atoms with Gasteiger partial charge in [0.05, 0.1) is 18.9 Å². The number of esters is 1. The van der Waals surface area contributed by atoms with Crippen LogP contribution >= 0.6 is 0 Å². The molecule has 0 radical (unpaired) electrons. The molecule has 0 saturated heterocycles. The first kappa shape index (κ1) is 12.0. The molecule has 1 fully saturated rings. The quantitative estimate of drug-likeness (QED) is 0.708. The lowest BCUT2D eigenvalue weighted by Crippen LogP contribution is -2.31. The predicted octanol–water partition coefficient (Wildman–Crippen LogP) is 1.54. The Bertz CT molecular complexity index is 282. The first-order chi connectivity index (χ1) is 6.82. The number of carboxylic acids is 1. The average Bonchev–Trinajstić information content (AvgIpc) is 2.38.